The van der Waals surface area contributed by atoms with E-state index in [-0.39, 0.29) is 5.78 Å². The van der Waals surface area contributed by atoms with Crippen LogP contribution in [-0.4, -0.2) is 48.0 Å². The van der Waals surface area contributed by atoms with Crippen LogP contribution in [0.15, 0.2) is 42.5 Å². The number of hydrogen-bond donors (Lipinski definition) is 0. The van der Waals surface area contributed by atoms with Crippen LogP contribution in [-0.2, 0) is 4.74 Å². The molecule has 0 unspecified atom stereocenters. The second-order valence-corrected chi connectivity index (χ2v) is 8.19. The monoisotopic (exact) mass is 424 g/mol. The van der Waals surface area contributed by atoms with Crippen LogP contribution in [0.25, 0.3) is 16.6 Å². The lowest BCUT2D eigenvalue weighted by atomic mass is 10.0. The van der Waals surface area contributed by atoms with Crippen molar-refractivity contribution in [3.63, 3.8) is 0 Å². The predicted molar refractivity (Wildman–Crippen MR) is 119 cm³/mol. The van der Waals surface area contributed by atoms with Crippen molar-refractivity contribution < 1.29 is 14.3 Å². The number of fused-ring (bicyclic) bond motifs is 1. The summed E-state index contributed by atoms with van der Waals surface area (Å²) in [6, 6.07) is 12.8. The smallest absolute Gasteiger partial charge is 0.337 e. The summed E-state index contributed by atoms with van der Waals surface area (Å²) in [7, 11) is 1.36. The number of halogens is 1. The van der Waals surface area contributed by atoms with E-state index in [4.69, 9.17) is 16.3 Å². The number of nitrogens with zero attached hydrogens (tertiary/aromatic N) is 2. The molecule has 0 N–H and O–H groups in total. The standard InChI is InChI=1S/C24H25ClN2O3/c1-16-23(22(28)15-26-12-4-3-5-13-26)20-11-6-17(24(29)30-2)14-21(20)27(16)19-9-7-18(25)8-10-19/h6-11,14H,3-5,12-13,15H2,1-2H3. The summed E-state index contributed by atoms with van der Waals surface area (Å²) < 4.78 is 6.91. The first-order valence-corrected chi connectivity index (χ1v) is 10.6. The molecule has 0 aliphatic carbocycles. The van der Waals surface area contributed by atoms with Gasteiger partial charge in [-0.3, -0.25) is 9.69 Å². The third kappa shape index (κ3) is 3.87. The molecule has 2 heterocycles. The fourth-order valence-corrected chi connectivity index (χ4v) is 4.46. The summed E-state index contributed by atoms with van der Waals surface area (Å²) in [5.41, 5.74) is 3.71. The molecule has 1 fully saturated rings. The number of aromatic nitrogens is 1. The number of esters is 1. The van der Waals surface area contributed by atoms with Crippen molar-refractivity contribution in [3.8, 4) is 5.69 Å². The quantitative estimate of drug-likeness (QED) is 0.425. The number of likely N-dealkylation sites (tertiary alicyclic amines) is 1. The molecule has 0 spiro atoms. The van der Waals surface area contributed by atoms with Crippen LogP contribution >= 0.6 is 11.6 Å². The number of benzene rings is 2. The lowest BCUT2D eigenvalue weighted by Crippen LogP contribution is -2.34. The van der Waals surface area contributed by atoms with E-state index in [9.17, 15) is 9.59 Å². The predicted octanol–water partition coefficient (Wildman–Crippen LogP) is 5.05. The Labute approximate surface area is 181 Å². The van der Waals surface area contributed by atoms with Crippen LogP contribution in [0.3, 0.4) is 0 Å². The highest BCUT2D eigenvalue weighted by Crippen LogP contribution is 2.31. The van der Waals surface area contributed by atoms with Crippen LogP contribution in [0, 0.1) is 6.92 Å². The first-order chi connectivity index (χ1) is 14.5. The molecule has 0 saturated carbocycles. The first-order valence-electron chi connectivity index (χ1n) is 10.2. The number of carbonyl (C=O) groups is 2. The highest BCUT2D eigenvalue weighted by atomic mass is 35.5. The number of methoxy groups -OCH3 is 1. The first kappa shape index (κ1) is 20.6. The molecule has 3 aromatic rings. The average Bonchev–Trinajstić information content (AvgIpc) is 3.05. The van der Waals surface area contributed by atoms with Crippen LogP contribution in [0.5, 0.6) is 0 Å². The van der Waals surface area contributed by atoms with Crippen molar-refractivity contribution in [2.75, 3.05) is 26.7 Å². The van der Waals surface area contributed by atoms with Gasteiger partial charge >= 0.3 is 5.97 Å². The molecule has 4 rings (SSSR count). The zero-order valence-electron chi connectivity index (χ0n) is 17.3. The van der Waals surface area contributed by atoms with Gasteiger partial charge in [-0.15, -0.1) is 0 Å². The number of hydrogen-bond acceptors (Lipinski definition) is 4. The second-order valence-electron chi connectivity index (χ2n) is 7.76. The Kier molecular flexibility index (Phi) is 5.93. The number of Topliss-reactive ketones (excluding diaryl/α,β-unsaturated/α-hetero) is 1. The van der Waals surface area contributed by atoms with Gasteiger partial charge in [0.2, 0.25) is 0 Å². The highest BCUT2D eigenvalue weighted by molar-refractivity contribution is 6.30. The SMILES string of the molecule is COC(=O)c1ccc2c(C(=O)CN3CCCCC3)c(C)n(-c3ccc(Cl)cc3)c2c1. The molecule has 6 heteroatoms. The van der Waals surface area contributed by atoms with E-state index in [0.717, 1.165) is 48.2 Å². The van der Waals surface area contributed by atoms with Gasteiger partial charge in [-0.1, -0.05) is 24.1 Å². The fourth-order valence-electron chi connectivity index (χ4n) is 4.33. The van der Waals surface area contributed by atoms with E-state index < -0.39 is 5.97 Å². The lowest BCUT2D eigenvalue weighted by Gasteiger charge is -2.25. The Hall–Kier alpha value is -2.63. The van der Waals surface area contributed by atoms with Gasteiger partial charge in [0, 0.05) is 27.4 Å². The van der Waals surface area contributed by atoms with Crippen molar-refractivity contribution in [2.24, 2.45) is 0 Å². The number of piperidine rings is 1. The zero-order chi connectivity index (χ0) is 21.3. The Morgan fingerprint density at radius 2 is 1.73 bits per heavy atom. The van der Waals surface area contributed by atoms with Crippen molar-refractivity contribution >= 4 is 34.3 Å². The minimum atomic E-state index is -0.403. The molecule has 30 heavy (non-hydrogen) atoms. The van der Waals surface area contributed by atoms with E-state index in [1.165, 1.54) is 13.5 Å². The molecule has 5 nitrogen and oxygen atoms in total. The molecule has 0 radical (unpaired) electrons. The van der Waals surface area contributed by atoms with Crippen molar-refractivity contribution in [2.45, 2.75) is 26.2 Å². The van der Waals surface area contributed by atoms with Crippen molar-refractivity contribution in [1.29, 1.82) is 0 Å². The molecule has 1 aliphatic rings. The molecule has 1 aliphatic heterocycles. The fraction of sp³-hybridized carbons (Fsp3) is 0.333. The van der Waals surface area contributed by atoms with Gasteiger partial charge in [-0.05, 0) is 69.3 Å². The summed E-state index contributed by atoms with van der Waals surface area (Å²) in [5.74, 6) is -0.294. The Morgan fingerprint density at radius 1 is 1.03 bits per heavy atom. The number of rotatable bonds is 5. The maximum atomic E-state index is 13.4. The molecule has 0 bridgehead atoms. The number of ether oxygens (including phenoxy) is 1. The van der Waals surface area contributed by atoms with Crippen LogP contribution in [0.1, 0.15) is 45.7 Å². The molecule has 1 saturated heterocycles. The Balaban J connectivity index is 1.85. The van der Waals surface area contributed by atoms with Gasteiger partial charge in [0.25, 0.3) is 0 Å². The molecule has 0 atom stereocenters. The van der Waals surface area contributed by atoms with Gasteiger partial charge in [0.1, 0.15) is 0 Å². The van der Waals surface area contributed by atoms with Crippen LogP contribution < -0.4 is 0 Å². The van der Waals surface area contributed by atoms with E-state index in [0.29, 0.717) is 22.7 Å². The lowest BCUT2D eigenvalue weighted by molar-refractivity contribution is 0.0600. The summed E-state index contributed by atoms with van der Waals surface area (Å²) in [6.07, 6.45) is 3.51. The van der Waals surface area contributed by atoms with Gasteiger partial charge in [-0.25, -0.2) is 4.79 Å². The maximum Gasteiger partial charge on any atom is 0.337 e. The minimum absolute atomic E-state index is 0.109. The highest BCUT2D eigenvalue weighted by Gasteiger charge is 2.24. The van der Waals surface area contributed by atoms with Crippen LogP contribution in [0.2, 0.25) is 5.02 Å². The number of carbonyl (C=O) groups excluding carboxylic acids is 2. The van der Waals surface area contributed by atoms with Crippen molar-refractivity contribution in [3.05, 3.63) is 64.3 Å². The summed E-state index contributed by atoms with van der Waals surface area (Å²) in [4.78, 5) is 27.7. The van der Waals surface area contributed by atoms with Gasteiger partial charge in [-0.2, -0.15) is 0 Å². The molecule has 156 valence electrons. The summed E-state index contributed by atoms with van der Waals surface area (Å²) >= 11 is 6.08. The molecular weight excluding hydrogens is 400 g/mol. The maximum absolute atomic E-state index is 13.4. The Morgan fingerprint density at radius 3 is 2.40 bits per heavy atom. The second kappa shape index (κ2) is 8.62. The third-order valence-corrected chi connectivity index (χ3v) is 6.06. The normalized spacial score (nSPS) is 14.8. The van der Waals surface area contributed by atoms with Crippen LogP contribution in [0.4, 0.5) is 0 Å². The van der Waals surface area contributed by atoms with E-state index in [1.807, 2.05) is 41.8 Å². The molecule has 1 aromatic heterocycles. The topological polar surface area (TPSA) is 51.5 Å². The van der Waals surface area contributed by atoms with E-state index in [2.05, 4.69) is 4.90 Å². The average molecular weight is 425 g/mol. The summed E-state index contributed by atoms with van der Waals surface area (Å²) in [5, 5.41) is 1.49. The largest absolute Gasteiger partial charge is 0.465 e. The Bertz CT molecular complexity index is 1100. The zero-order valence-corrected chi connectivity index (χ0v) is 18.0. The molecule has 0 amide bonds. The van der Waals surface area contributed by atoms with Gasteiger partial charge < -0.3 is 9.30 Å². The van der Waals surface area contributed by atoms with E-state index in [1.54, 1.807) is 12.1 Å². The summed E-state index contributed by atoms with van der Waals surface area (Å²) in [6.45, 7) is 4.30. The number of ketones is 1. The van der Waals surface area contributed by atoms with Gasteiger partial charge in [0.05, 0.1) is 24.7 Å². The van der Waals surface area contributed by atoms with Gasteiger partial charge in [0.15, 0.2) is 5.78 Å². The molecule has 2 aromatic carbocycles. The van der Waals surface area contributed by atoms with E-state index >= 15 is 0 Å². The third-order valence-electron chi connectivity index (χ3n) is 5.81. The van der Waals surface area contributed by atoms with Crippen molar-refractivity contribution in [1.82, 2.24) is 9.47 Å². The molecular formula is C24H25ClN2O3. The minimum Gasteiger partial charge on any atom is -0.465 e.